The molecule has 0 radical (unpaired) electrons. The van der Waals surface area contributed by atoms with Crippen LogP contribution in [0.1, 0.15) is 33.3 Å². The molecule has 5 atom stereocenters. The van der Waals surface area contributed by atoms with E-state index in [0.29, 0.717) is 15.6 Å². The first-order chi connectivity index (χ1) is 18.3. The molecule has 2 heterocycles. The topological polar surface area (TPSA) is 135 Å². The molecule has 0 unspecified atom stereocenters. The minimum absolute atomic E-state index is 0.00956. The quantitative estimate of drug-likeness (QED) is 0.192. The maximum absolute atomic E-state index is 13.6. The Labute approximate surface area is 243 Å². The van der Waals surface area contributed by atoms with Gasteiger partial charge in [0.05, 0.1) is 4.91 Å². The predicted octanol–water partition coefficient (Wildman–Crippen LogP) is 3.28. The van der Waals surface area contributed by atoms with Crippen LogP contribution in [0, 0.1) is 0 Å². The van der Waals surface area contributed by atoms with Crippen LogP contribution in [-0.2, 0) is 47.7 Å². The third-order valence-electron chi connectivity index (χ3n) is 5.32. The van der Waals surface area contributed by atoms with Gasteiger partial charge in [0, 0.05) is 43.3 Å². The first-order valence-electron chi connectivity index (χ1n) is 11.3. The van der Waals surface area contributed by atoms with Crippen LogP contribution in [0.2, 0.25) is 10.0 Å². The van der Waals surface area contributed by atoms with E-state index >= 15 is 0 Å². The molecule has 11 nitrogen and oxygen atoms in total. The van der Waals surface area contributed by atoms with Crippen molar-refractivity contribution in [1.82, 2.24) is 4.90 Å². The maximum atomic E-state index is 13.6. The highest BCUT2D eigenvalue weighted by Gasteiger charge is 2.56. The number of hydrogen-bond acceptors (Lipinski definition) is 12. The zero-order chi connectivity index (χ0) is 29.0. The first kappa shape index (κ1) is 30.8. The molecule has 0 spiro atoms. The Kier molecular flexibility index (Phi) is 10.4. The van der Waals surface area contributed by atoms with Crippen molar-refractivity contribution < 1.29 is 47.7 Å². The van der Waals surface area contributed by atoms with E-state index in [0.717, 1.165) is 44.4 Å². The van der Waals surface area contributed by atoms with Crippen LogP contribution in [-0.4, -0.2) is 76.3 Å². The summed E-state index contributed by atoms with van der Waals surface area (Å²) in [6.07, 6.45) is -5.58. The molecule has 1 aromatic rings. The third kappa shape index (κ3) is 7.48. The number of halogens is 2. The van der Waals surface area contributed by atoms with Crippen LogP contribution < -0.4 is 0 Å². The highest BCUT2D eigenvalue weighted by atomic mass is 35.5. The fourth-order valence-corrected chi connectivity index (χ4v) is 5.69. The van der Waals surface area contributed by atoms with Gasteiger partial charge < -0.3 is 23.7 Å². The third-order valence-corrected chi connectivity index (χ3v) is 7.31. The summed E-state index contributed by atoms with van der Waals surface area (Å²) in [6.45, 7) is 3.99. The van der Waals surface area contributed by atoms with Gasteiger partial charge in [0.2, 0.25) is 0 Å². The van der Waals surface area contributed by atoms with Crippen LogP contribution in [0.4, 0.5) is 0 Å². The molecule has 1 amide bonds. The van der Waals surface area contributed by atoms with Gasteiger partial charge in [0.15, 0.2) is 28.9 Å². The van der Waals surface area contributed by atoms with Crippen molar-refractivity contribution in [2.75, 3.05) is 6.61 Å². The summed E-state index contributed by atoms with van der Waals surface area (Å²) in [7, 11) is 0. The van der Waals surface area contributed by atoms with Gasteiger partial charge in [-0.25, -0.2) is 0 Å². The van der Waals surface area contributed by atoms with Crippen molar-refractivity contribution in [3.05, 3.63) is 38.7 Å². The Morgan fingerprint density at radius 1 is 0.949 bits per heavy atom. The van der Waals surface area contributed by atoms with Crippen molar-refractivity contribution in [3.63, 3.8) is 0 Å². The van der Waals surface area contributed by atoms with E-state index in [9.17, 15) is 24.0 Å². The molecule has 15 heteroatoms. The van der Waals surface area contributed by atoms with E-state index in [2.05, 4.69) is 0 Å². The van der Waals surface area contributed by atoms with Crippen LogP contribution >= 0.6 is 47.2 Å². The van der Waals surface area contributed by atoms with Gasteiger partial charge in [0.25, 0.3) is 5.91 Å². The average molecular weight is 620 g/mol. The van der Waals surface area contributed by atoms with Crippen LogP contribution in [0.15, 0.2) is 23.1 Å². The van der Waals surface area contributed by atoms with Gasteiger partial charge >= 0.3 is 23.9 Å². The Morgan fingerprint density at radius 3 is 2.03 bits per heavy atom. The van der Waals surface area contributed by atoms with Gasteiger partial charge in [-0.15, -0.1) is 0 Å². The molecule has 0 aliphatic carbocycles. The van der Waals surface area contributed by atoms with Crippen molar-refractivity contribution >= 4 is 87.4 Å². The Bertz CT molecular complexity index is 1220. The minimum Gasteiger partial charge on any atom is -0.463 e. The number of thioether (sulfide) groups is 1. The van der Waals surface area contributed by atoms with Crippen LogP contribution in [0.3, 0.4) is 0 Å². The number of ether oxygens (including phenoxy) is 5. The van der Waals surface area contributed by atoms with E-state index in [1.165, 1.54) is 6.08 Å². The molecule has 210 valence electrons. The summed E-state index contributed by atoms with van der Waals surface area (Å²) in [6, 6.07) is 4.84. The average Bonchev–Trinajstić information content (AvgIpc) is 3.09. The van der Waals surface area contributed by atoms with Gasteiger partial charge in [-0.3, -0.25) is 28.9 Å². The molecule has 0 aromatic heterocycles. The summed E-state index contributed by atoms with van der Waals surface area (Å²) >= 11 is 18.9. The van der Waals surface area contributed by atoms with Crippen molar-refractivity contribution in [2.24, 2.45) is 0 Å². The van der Waals surface area contributed by atoms with Gasteiger partial charge in [-0.1, -0.05) is 53.2 Å². The number of thiocarbonyl (C=S) groups is 1. The second kappa shape index (κ2) is 13.1. The summed E-state index contributed by atoms with van der Waals surface area (Å²) < 4.78 is 27.3. The zero-order valence-electron chi connectivity index (χ0n) is 21.0. The molecule has 2 fully saturated rings. The Balaban J connectivity index is 2.08. The largest absolute Gasteiger partial charge is 0.463 e. The smallest absolute Gasteiger partial charge is 0.303 e. The number of amides is 1. The number of benzene rings is 1. The normalized spacial score (nSPS) is 25.8. The summed E-state index contributed by atoms with van der Waals surface area (Å²) in [5, 5.41) is 0.583. The number of esters is 4. The number of carbonyl (C=O) groups excluding carboxylic acids is 5. The van der Waals surface area contributed by atoms with E-state index < -0.39 is 67.0 Å². The highest BCUT2D eigenvalue weighted by Crippen LogP contribution is 2.40. The molecule has 2 saturated heterocycles. The molecule has 0 bridgehead atoms. The lowest BCUT2D eigenvalue weighted by Crippen LogP contribution is -2.66. The SMILES string of the molecule is CC(=O)OC[C@@H]1O[C@@H](N2C(=O)/C(=C/c3c(Cl)cccc3Cl)SC2=S)[C@@H](OC(C)=O)[C@@H](OC(C)=O)[C@H]1OC(C)=O. The molecular formula is C24H23Cl2NO10S2. The summed E-state index contributed by atoms with van der Waals surface area (Å²) in [5.74, 6) is -3.72. The number of nitrogens with zero attached hydrogens (tertiary/aromatic N) is 1. The van der Waals surface area contributed by atoms with Gasteiger partial charge in [-0.2, -0.15) is 0 Å². The number of carbonyl (C=O) groups is 5. The van der Waals surface area contributed by atoms with Gasteiger partial charge in [0.1, 0.15) is 12.7 Å². The highest BCUT2D eigenvalue weighted by molar-refractivity contribution is 8.26. The first-order valence-corrected chi connectivity index (χ1v) is 13.3. The fourth-order valence-electron chi connectivity index (χ4n) is 3.89. The standard InChI is InChI=1S/C24H23Cl2NO10S2/c1-10(28)33-9-17-19(34-11(2)29)20(35-12(3)30)21(36-13(4)31)23(37-17)27-22(32)18(39-24(27)38)8-14-15(25)6-5-7-16(14)26/h5-8,17,19-21,23H,9H2,1-4H3/b18-8-/t17-,19-,20-,21-,23+/m0/s1. The van der Waals surface area contributed by atoms with Crippen molar-refractivity contribution in [2.45, 2.75) is 58.3 Å². The van der Waals surface area contributed by atoms with E-state index in [1.54, 1.807) is 18.2 Å². The lowest BCUT2D eigenvalue weighted by Gasteiger charge is -2.46. The number of rotatable bonds is 7. The molecule has 0 saturated carbocycles. The molecule has 3 rings (SSSR count). The fraction of sp³-hybridized carbons (Fsp3) is 0.417. The number of hydrogen-bond donors (Lipinski definition) is 0. The van der Waals surface area contributed by atoms with Crippen molar-refractivity contribution in [1.29, 1.82) is 0 Å². The summed E-state index contributed by atoms with van der Waals surface area (Å²) in [5.41, 5.74) is 0.378. The lowest BCUT2D eigenvalue weighted by molar-refractivity contribution is -0.268. The van der Waals surface area contributed by atoms with Gasteiger partial charge in [-0.05, 0) is 18.2 Å². The molecule has 0 N–H and O–H groups in total. The lowest BCUT2D eigenvalue weighted by atomic mass is 9.96. The monoisotopic (exact) mass is 619 g/mol. The van der Waals surface area contributed by atoms with E-state index in [-0.39, 0.29) is 9.23 Å². The predicted molar refractivity (Wildman–Crippen MR) is 143 cm³/mol. The molecule has 39 heavy (non-hydrogen) atoms. The van der Waals surface area contributed by atoms with Crippen molar-refractivity contribution in [3.8, 4) is 0 Å². The molecule has 1 aromatic carbocycles. The van der Waals surface area contributed by atoms with Crippen LogP contribution in [0.25, 0.3) is 6.08 Å². The maximum Gasteiger partial charge on any atom is 0.303 e. The van der Waals surface area contributed by atoms with Crippen LogP contribution in [0.5, 0.6) is 0 Å². The molecular weight excluding hydrogens is 597 g/mol. The summed E-state index contributed by atoms with van der Waals surface area (Å²) in [4.78, 5) is 62.4. The Morgan fingerprint density at radius 2 is 1.49 bits per heavy atom. The molecule has 2 aliphatic rings. The van der Waals surface area contributed by atoms with E-state index in [4.69, 9.17) is 59.1 Å². The second-order valence-corrected chi connectivity index (χ2v) is 10.8. The zero-order valence-corrected chi connectivity index (χ0v) is 24.2. The minimum atomic E-state index is -1.49. The Hall–Kier alpha value is -2.71. The van der Waals surface area contributed by atoms with E-state index in [1.807, 2.05) is 0 Å². The molecule has 2 aliphatic heterocycles. The second-order valence-electron chi connectivity index (χ2n) is 8.28.